The normalized spacial score (nSPS) is 19.0. The van der Waals surface area contributed by atoms with Gasteiger partial charge >= 0.3 is 5.97 Å². The summed E-state index contributed by atoms with van der Waals surface area (Å²) in [6, 6.07) is 24.3. The summed E-state index contributed by atoms with van der Waals surface area (Å²) in [6.45, 7) is 13.9. The first-order valence-corrected chi connectivity index (χ1v) is 17.4. The lowest BCUT2D eigenvalue weighted by Gasteiger charge is -2.40. The highest BCUT2D eigenvalue weighted by Gasteiger charge is 2.38. The average molecular weight is 679 g/mol. The van der Waals surface area contributed by atoms with E-state index >= 15 is 0 Å². The number of ether oxygens (including phenoxy) is 3. The van der Waals surface area contributed by atoms with Gasteiger partial charge in [-0.1, -0.05) is 60.7 Å². The monoisotopic (exact) mass is 678 g/mol. The number of halogens is 1. The topological polar surface area (TPSA) is 70.0 Å². The Bertz CT molecular complexity index is 1890. The Labute approximate surface area is 294 Å². The maximum absolute atomic E-state index is 14.8. The van der Waals surface area contributed by atoms with Crippen molar-refractivity contribution in [2.75, 3.05) is 4.90 Å². The van der Waals surface area contributed by atoms with Gasteiger partial charge in [0.1, 0.15) is 17.1 Å². The first kappa shape index (κ1) is 35.3. The van der Waals surface area contributed by atoms with Crippen LogP contribution in [0.4, 0.5) is 10.1 Å². The zero-order chi connectivity index (χ0) is 35.8. The van der Waals surface area contributed by atoms with Crippen molar-refractivity contribution in [2.24, 2.45) is 0 Å². The van der Waals surface area contributed by atoms with Crippen LogP contribution in [0.25, 0.3) is 28.3 Å². The molecule has 1 saturated heterocycles. The SMILES string of the molecule is CC(C)n1c(/C=C/CC2CC(CC(=O)OC(C)(C)C)OC(C)(C)O2)c(-c2ccc(F)cc2)c2c1C(=O)N(c1ccccc1)Cc1ccccc1-2. The van der Waals surface area contributed by atoms with Crippen LogP contribution in [0.1, 0.15) is 95.5 Å². The van der Waals surface area contributed by atoms with E-state index in [0.717, 1.165) is 39.2 Å². The number of carbonyl (C=O) groups excluding carboxylic acids is 2. The number of anilines is 1. The third kappa shape index (κ3) is 7.62. The molecule has 6 rings (SSSR count). The molecular formula is C42H47FN2O5. The van der Waals surface area contributed by atoms with Crippen LogP contribution < -0.4 is 4.90 Å². The lowest BCUT2D eigenvalue weighted by Crippen LogP contribution is -2.45. The number of hydrogen-bond acceptors (Lipinski definition) is 5. The van der Waals surface area contributed by atoms with Gasteiger partial charge in [0.2, 0.25) is 0 Å². The van der Waals surface area contributed by atoms with E-state index in [4.69, 9.17) is 14.2 Å². The Morgan fingerprint density at radius 2 is 1.62 bits per heavy atom. The second kappa shape index (κ2) is 14.0. The third-order valence-electron chi connectivity index (χ3n) is 8.94. The Hall–Kier alpha value is -4.53. The molecule has 2 unspecified atom stereocenters. The number of carbonyl (C=O) groups is 2. The van der Waals surface area contributed by atoms with Crippen molar-refractivity contribution < 1.29 is 28.2 Å². The van der Waals surface area contributed by atoms with Crippen molar-refractivity contribution in [3.63, 3.8) is 0 Å². The molecule has 0 N–H and O–H groups in total. The molecule has 1 aromatic heterocycles. The van der Waals surface area contributed by atoms with Crippen molar-refractivity contribution in [3.05, 3.63) is 108 Å². The number of fused-ring (bicyclic) bond motifs is 3. The number of hydrogen-bond donors (Lipinski definition) is 0. The lowest BCUT2D eigenvalue weighted by molar-refractivity contribution is -0.299. The molecule has 4 aromatic rings. The van der Waals surface area contributed by atoms with Gasteiger partial charge in [0, 0.05) is 35.0 Å². The van der Waals surface area contributed by atoms with E-state index in [2.05, 4.69) is 42.7 Å². The molecule has 50 heavy (non-hydrogen) atoms. The number of benzene rings is 3. The van der Waals surface area contributed by atoms with E-state index < -0.39 is 11.4 Å². The fourth-order valence-corrected chi connectivity index (χ4v) is 7.17. The number of aromatic nitrogens is 1. The molecule has 1 fully saturated rings. The molecule has 3 aromatic carbocycles. The lowest BCUT2D eigenvalue weighted by atomic mass is 9.92. The van der Waals surface area contributed by atoms with Crippen LogP contribution in [0.2, 0.25) is 0 Å². The fourth-order valence-electron chi connectivity index (χ4n) is 7.17. The van der Waals surface area contributed by atoms with Crippen LogP contribution >= 0.6 is 0 Å². The predicted octanol–water partition coefficient (Wildman–Crippen LogP) is 9.75. The maximum atomic E-state index is 14.8. The van der Waals surface area contributed by atoms with E-state index in [1.165, 1.54) is 12.1 Å². The van der Waals surface area contributed by atoms with Gasteiger partial charge in [0.05, 0.1) is 25.2 Å². The molecule has 0 radical (unpaired) electrons. The third-order valence-corrected chi connectivity index (χ3v) is 8.94. The standard InChI is InChI=1S/C42H47FN2O5/c1-27(2)45-35(19-13-17-32-24-33(49-42(6,7)48-32)25-36(46)50-41(3,4)5)37(28-20-22-30(43)23-21-28)38-34-18-12-11-14-29(34)26-44(40(47)39(38)45)31-15-9-8-10-16-31/h8-16,18-23,27,32-33H,17,24-26H2,1-7H3/b19-13+. The summed E-state index contributed by atoms with van der Waals surface area (Å²) >= 11 is 0. The van der Waals surface area contributed by atoms with Crippen molar-refractivity contribution in [2.45, 2.75) is 104 Å². The molecule has 0 bridgehead atoms. The van der Waals surface area contributed by atoms with Gasteiger partial charge < -0.3 is 23.7 Å². The quantitative estimate of drug-likeness (QED) is 0.174. The van der Waals surface area contributed by atoms with Gasteiger partial charge in [-0.05, 0) is 102 Å². The van der Waals surface area contributed by atoms with Crippen LogP contribution in [0.5, 0.6) is 0 Å². The smallest absolute Gasteiger partial charge is 0.308 e. The molecule has 262 valence electrons. The van der Waals surface area contributed by atoms with Crippen molar-refractivity contribution in [1.82, 2.24) is 4.57 Å². The van der Waals surface area contributed by atoms with Gasteiger partial charge in [-0.2, -0.15) is 0 Å². The van der Waals surface area contributed by atoms with Crippen molar-refractivity contribution >= 4 is 23.6 Å². The summed E-state index contributed by atoms with van der Waals surface area (Å²) in [4.78, 5) is 29.3. The number of nitrogens with zero attached hydrogens (tertiary/aromatic N) is 2. The molecule has 8 heteroatoms. The largest absolute Gasteiger partial charge is 0.460 e. The Kier molecular flexibility index (Phi) is 9.89. The zero-order valence-corrected chi connectivity index (χ0v) is 30.0. The minimum atomic E-state index is -0.880. The molecule has 3 heterocycles. The van der Waals surface area contributed by atoms with Crippen molar-refractivity contribution in [1.29, 1.82) is 0 Å². The summed E-state index contributed by atoms with van der Waals surface area (Å²) < 4.78 is 34.4. The predicted molar refractivity (Wildman–Crippen MR) is 195 cm³/mol. The molecule has 0 aliphatic carbocycles. The highest BCUT2D eigenvalue weighted by Crippen LogP contribution is 2.46. The minimum Gasteiger partial charge on any atom is -0.460 e. The van der Waals surface area contributed by atoms with Gasteiger partial charge in [-0.3, -0.25) is 9.59 Å². The van der Waals surface area contributed by atoms with Crippen LogP contribution in [-0.2, 0) is 25.5 Å². The Morgan fingerprint density at radius 1 is 0.960 bits per heavy atom. The summed E-state index contributed by atoms with van der Waals surface area (Å²) in [7, 11) is 0. The average Bonchev–Trinajstić information content (AvgIpc) is 3.31. The minimum absolute atomic E-state index is 0.0825. The number of esters is 1. The van der Waals surface area contributed by atoms with Crippen LogP contribution in [-0.4, -0.2) is 40.0 Å². The van der Waals surface area contributed by atoms with Gasteiger partial charge in [0.25, 0.3) is 5.91 Å². The number of amides is 1. The second-order valence-corrected chi connectivity index (χ2v) is 14.9. The van der Waals surface area contributed by atoms with Crippen LogP contribution in [0.15, 0.2) is 84.9 Å². The molecule has 0 saturated carbocycles. The highest BCUT2D eigenvalue weighted by molar-refractivity contribution is 6.14. The van der Waals surface area contributed by atoms with E-state index in [0.29, 0.717) is 25.1 Å². The first-order valence-electron chi connectivity index (χ1n) is 17.4. The van der Waals surface area contributed by atoms with Gasteiger partial charge in [-0.25, -0.2) is 4.39 Å². The van der Waals surface area contributed by atoms with E-state index in [9.17, 15) is 14.0 Å². The Balaban J connectivity index is 1.44. The number of rotatable bonds is 8. The summed E-state index contributed by atoms with van der Waals surface area (Å²) in [6.07, 6.45) is 4.78. The zero-order valence-electron chi connectivity index (χ0n) is 30.0. The molecule has 7 nitrogen and oxygen atoms in total. The van der Waals surface area contributed by atoms with Gasteiger partial charge in [-0.15, -0.1) is 0 Å². The Morgan fingerprint density at radius 3 is 2.30 bits per heavy atom. The summed E-state index contributed by atoms with van der Waals surface area (Å²) in [5.41, 5.74) is 6.21. The fraction of sp³-hybridized carbons (Fsp3) is 0.381. The van der Waals surface area contributed by atoms with Gasteiger partial charge in [0.15, 0.2) is 5.79 Å². The molecule has 1 amide bonds. The van der Waals surface area contributed by atoms with E-state index in [-0.39, 0.29) is 42.4 Å². The van der Waals surface area contributed by atoms with Crippen LogP contribution in [0.3, 0.4) is 0 Å². The molecular weight excluding hydrogens is 631 g/mol. The first-order chi connectivity index (χ1) is 23.7. The number of para-hydroxylation sites is 1. The molecule has 2 aliphatic rings. The maximum Gasteiger partial charge on any atom is 0.308 e. The molecule has 2 aliphatic heterocycles. The van der Waals surface area contributed by atoms with Crippen LogP contribution in [0, 0.1) is 5.82 Å². The van der Waals surface area contributed by atoms with E-state index in [1.54, 1.807) is 12.1 Å². The second-order valence-electron chi connectivity index (χ2n) is 14.9. The molecule has 0 spiro atoms. The summed E-state index contributed by atoms with van der Waals surface area (Å²) in [5, 5.41) is 0. The molecule has 2 atom stereocenters. The van der Waals surface area contributed by atoms with E-state index in [1.807, 2.05) is 82.0 Å². The summed E-state index contributed by atoms with van der Waals surface area (Å²) in [5.74, 6) is -1.61. The highest BCUT2D eigenvalue weighted by atomic mass is 19.1. The van der Waals surface area contributed by atoms with Crippen molar-refractivity contribution in [3.8, 4) is 22.3 Å².